The standard InChI is InChI=1S/C10H14N2/c1-9-6-4-5-7-10(9)8-11-12(2)3/h4-8H,1-3H3/b11-8-. The van der Waals surface area contributed by atoms with E-state index in [0.717, 1.165) is 0 Å². The molecule has 0 aliphatic heterocycles. The van der Waals surface area contributed by atoms with Gasteiger partial charge in [0.1, 0.15) is 0 Å². The van der Waals surface area contributed by atoms with Crippen molar-refractivity contribution in [3.8, 4) is 0 Å². The van der Waals surface area contributed by atoms with Crippen LogP contribution in [0.25, 0.3) is 0 Å². The Morgan fingerprint density at radius 2 is 1.92 bits per heavy atom. The molecular weight excluding hydrogens is 148 g/mol. The van der Waals surface area contributed by atoms with E-state index in [1.807, 2.05) is 32.4 Å². The molecule has 0 aliphatic carbocycles. The molecule has 0 aromatic heterocycles. The van der Waals surface area contributed by atoms with E-state index in [1.54, 1.807) is 5.01 Å². The lowest BCUT2D eigenvalue weighted by Gasteiger charge is -2.03. The number of hydrogen-bond donors (Lipinski definition) is 0. The molecule has 1 aromatic rings. The van der Waals surface area contributed by atoms with Gasteiger partial charge in [0.05, 0.1) is 6.21 Å². The minimum absolute atomic E-state index is 1.17. The summed E-state index contributed by atoms with van der Waals surface area (Å²) < 4.78 is 0. The fourth-order valence-corrected chi connectivity index (χ4v) is 0.909. The summed E-state index contributed by atoms with van der Waals surface area (Å²) in [7, 11) is 3.82. The van der Waals surface area contributed by atoms with Crippen molar-refractivity contribution in [2.24, 2.45) is 5.10 Å². The molecule has 12 heavy (non-hydrogen) atoms. The number of hydrogen-bond acceptors (Lipinski definition) is 2. The molecule has 0 bridgehead atoms. The van der Waals surface area contributed by atoms with E-state index in [4.69, 9.17) is 0 Å². The van der Waals surface area contributed by atoms with Gasteiger partial charge in [0.15, 0.2) is 0 Å². The molecule has 0 saturated carbocycles. The van der Waals surface area contributed by atoms with Crippen LogP contribution in [0.3, 0.4) is 0 Å². The molecule has 0 fully saturated rings. The lowest BCUT2D eigenvalue weighted by atomic mass is 10.1. The van der Waals surface area contributed by atoms with Crippen LogP contribution in [-0.4, -0.2) is 25.3 Å². The topological polar surface area (TPSA) is 15.6 Å². The first-order chi connectivity index (χ1) is 5.70. The van der Waals surface area contributed by atoms with E-state index in [2.05, 4.69) is 24.2 Å². The van der Waals surface area contributed by atoms with Gasteiger partial charge in [0, 0.05) is 14.1 Å². The van der Waals surface area contributed by atoms with E-state index in [0.29, 0.717) is 0 Å². The van der Waals surface area contributed by atoms with Crippen LogP contribution in [-0.2, 0) is 0 Å². The van der Waals surface area contributed by atoms with Crippen LogP contribution in [0.4, 0.5) is 0 Å². The molecular formula is C10H14N2. The van der Waals surface area contributed by atoms with Gasteiger partial charge in [-0.25, -0.2) is 0 Å². The molecule has 64 valence electrons. The Hall–Kier alpha value is -1.31. The van der Waals surface area contributed by atoms with Crippen molar-refractivity contribution in [2.75, 3.05) is 14.1 Å². The van der Waals surface area contributed by atoms with Gasteiger partial charge in [-0.2, -0.15) is 5.10 Å². The number of nitrogens with zero attached hydrogens (tertiary/aromatic N) is 2. The van der Waals surface area contributed by atoms with Gasteiger partial charge in [-0.05, 0) is 18.1 Å². The number of benzene rings is 1. The third-order valence-corrected chi connectivity index (χ3v) is 1.62. The molecule has 0 saturated heterocycles. The molecule has 0 amide bonds. The SMILES string of the molecule is Cc1ccccc1/C=N\N(C)C. The van der Waals surface area contributed by atoms with Crippen molar-refractivity contribution in [2.45, 2.75) is 6.92 Å². The van der Waals surface area contributed by atoms with Crippen LogP contribution in [0, 0.1) is 6.92 Å². The summed E-state index contributed by atoms with van der Waals surface area (Å²) in [6, 6.07) is 8.19. The maximum atomic E-state index is 4.16. The summed E-state index contributed by atoms with van der Waals surface area (Å²) in [4.78, 5) is 0. The minimum atomic E-state index is 1.17. The Kier molecular flexibility index (Phi) is 2.86. The van der Waals surface area contributed by atoms with E-state index >= 15 is 0 Å². The second kappa shape index (κ2) is 3.90. The summed E-state index contributed by atoms with van der Waals surface area (Å²) in [5.74, 6) is 0. The molecule has 2 heteroatoms. The average Bonchev–Trinajstić information content (AvgIpc) is 2.03. The van der Waals surface area contributed by atoms with E-state index < -0.39 is 0 Å². The quantitative estimate of drug-likeness (QED) is 0.479. The third kappa shape index (κ3) is 2.38. The second-order valence-corrected chi connectivity index (χ2v) is 2.95. The molecule has 0 radical (unpaired) electrons. The number of aryl methyl sites for hydroxylation is 1. The van der Waals surface area contributed by atoms with Crippen LogP contribution in [0.2, 0.25) is 0 Å². The van der Waals surface area contributed by atoms with Crippen molar-refractivity contribution >= 4 is 6.21 Å². The van der Waals surface area contributed by atoms with Crippen molar-refractivity contribution in [1.82, 2.24) is 5.01 Å². The molecule has 0 N–H and O–H groups in total. The predicted octanol–water partition coefficient (Wildman–Crippen LogP) is 1.89. The molecule has 0 aliphatic rings. The first kappa shape index (κ1) is 8.78. The highest BCUT2D eigenvalue weighted by Crippen LogP contribution is 2.03. The Labute approximate surface area is 73.5 Å². The predicted molar refractivity (Wildman–Crippen MR) is 52.5 cm³/mol. The molecule has 0 unspecified atom stereocenters. The van der Waals surface area contributed by atoms with Gasteiger partial charge in [-0.15, -0.1) is 0 Å². The Morgan fingerprint density at radius 1 is 1.25 bits per heavy atom. The van der Waals surface area contributed by atoms with Crippen LogP contribution >= 0.6 is 0 Å². The molecule has 0 heterocycles. The molecule has 0 atom stereocenters. The van der Waals surface area contributed by atoms with Crippen molar-refractivity contribution < 1.29 is 0 Å². The Bertz CT molecular complexity index is 277. The second-order valence-electron chi connectivity index (χ2n) is 2.95. The summed E-state index contributed by atoms with van der Waals surface area (Å²) in [5, 5.41) is 5.95. The van der Waals surface area contributed by atoms with Gasteiger partial charge in [0.2, 0.25) is 0 Å². The summed E-state index contributed by atoms with van der Waals surface area (Å²) >= 11 is 0. The van der Waals surface area contributed by atoms with E-state index in [-0.39, 0.29) is 0 Å². The van der Waals surface area contributed by atoms with Crippen LogP contribution < -0.4 is 0 Å². The lowest BCUT2D eigenvalue weighted by Crippen LogP contribution is -2.02. The zero-order valence-electron chi connectivity index (χ0n) is 7.78. The first-order valence-electron chi connectivity index (χ1n) is 3.97. The highest BCUT2D eigenvalue weighted by molar-refractivity contribution is 5.81. The molecule has 0 spiro atoms. The summed E-state index contributed by atoms with van der Waals surface area (Å²) in [6.07, 6.45) is 1.87. The van der Waals surface area contributed by atoms with Gasteiger partial charge in [0.25, 0.3) is 0 Å². The maximum absolute atomic E-state index is 4.16. The zero-order valence-corrected chi connectivity index (χ0v) is 7.78. The maximum Gasteiger partial charge on any atom is 0.0545 e. The van der Waals surface area contributed by atoms with Gasteiger partial charge in [-0.3, -0.25) is 0 Å². The number of rotatable bonds is 2. The third-order valence-electron chi connectivity index (χ3n) is 1.62. The van der Waals surface area contributed by atoms with Crippen molar-refractivity contribution in [1.29, 1.82) is 0 Å². The fourth-order valence-electron chi connectivity index (χ4n) is 0.909. The van der Waals surface area contributed by atoms with E-state index in [9.17, 15) is 0 Å². The largest absolute Gasteiger partial charge is 0.303 e. The van der Waals surface area contributed by atoms with Crippen LogP contribution in [0.5, 0.6) is 0 Å². The van der Waals surface area contributed by atoms with Gasteiger partial charge >= 0.3 is 0 Å². The van der Waals surface area contributed by atoms with Crippen molar-refractivity contribution in [3.63, 3.8) is 0 Å². The summed E-state index contributed by atoms with van der Waals surface area (Å²) in [6.45, 7) is 2.08. The highest BCUT2D eigenvalue weighted by Gasteiger charge is 1.90. The highest BCUT2D eigenvalue weighted by atomic mass is 15.4. The molecule has 2 nitrogen and oxygen atoms in total. The van der Waals surface area contributed by atoms with Crippen molar-refractivity contribution in [3.05, 3.63) is 35.4 Å². The smallest absolute Gasteiger partial charge is 0.0545 e. The van der Waals surface area contributed by atoms with Gasteiger partial charge < -0.3 is 5.01 Å². The Balaban J connectivity index is 2.82. The van der Waals surface area contributed by atoms with Gasteiger partial charge in [-0.1, -0.05) is 24.3 Å². The lowest BCUT2D eigenvalue weighted by molar-refractivity contribution is 0.440. The molecule has 1 aromatic carbocycles. The Morgan fingerprint density at radius 3 is 2.50 bits per heavy atom. The molecule has 1 rings (SSSR count). The minimum Gasteiger partial charge on any atom is -0.303 e. The average molecular weight is 162 g/mol. The fraction of sp³-hybridized carbons (Fsp3) is 0.300. The summed E-state index contributed by atoms with van der Waals surface area (Å²) in [5.41, 5.74) is 2.43. The van der Waals surface area contributed by atoms with Crippen LogP contribution in [0.1, 0.15) is 11.1 Å². The monoisotopic (exact) mass is 162 g/mol. The zero-order chi connectivity index (χ0) is 8.97. The van der Waals surface area contributed by atoms with Crippen LogP contribution in [0.15, 0.2) is 29.4 Å². The first-order valence-corrected chi connectivity index (χ1v) is 3.97. The van der Waals surface area contributed by atoms with E-state index in [1.165, 1.54) is 11.1 Å². The normalized spacial score (nSPS) is 10.6. The number of hydrazone groups is 1.